The number of epoxide rings is 1. The SMILES string of the molecule is CCCn1cc(C2CO2)cn1. The third kappa shape index (κ3) is 1.43. The van der Waals surface area contributed by atoms with Crippen molar-refractivity contribution in [2.75, 3.05) is 6.61 Å². The van der Waals surface area contributed by atoms with Gasteiger partial charge in [0, 0.05) is 18.3 Å². The first kappa shape index (κ1) is 6.85. The fourth-order valence-electron chi connectivity index (χ4n) is 1.14. The lowest BCUT2D eigenvalue weighted by atomic mass is 10.3. The lowest BCUT2D eigenvalue weighted by Crippen LogP contribution is -1.95. The maximum Gasteiger partial charge on any atom is 0.109 e. The zero-order valence-electron chi connectivity index (χ0n) is 6.66. The lowest BCUT2D eigenvalue weighted by Gasteiger charge is -1.93. The second kappa shape index (κ2) is 2.66. The number of nitrogens with zero attached hydrogens (tertiary/aromatic N) is 2. The van der Waals surface area contributed by atoms with Gasteiger partial charge >= 0.3 is 0 Å². The molecule has 3 nitrogen and oxygen atoms in total. The van der Waals surface area contributed by atoms with E-state index in [4.69, 9.17) is 4.74 Å². The van der Waals surface area contributed by atoms with E-state index in [9.17, 15) is 0 Å². The van der Waals surface area contributed by atoms with E-state index >= 15 is 0 Å². The van der Waals surface area contributed by atoms with E-state index < -0.39 is 0 Å². The molecular weight excluding hydrogens is 140 g/mol. The minimum atomic E-state index is 0.348. The summed E-state index contributed by atoms with van der Waals surface area (Å²) < 4.78 is 7.10. The van der Waals surface area contributed by atoms with Crippen molar-refractivity contribution in [2.45, 2.75) is 26.0 Å². The minimum absolute atomic E-state index is 0.348. The monoisotopic (exact) mass is 152 g/mol. The van der Waals surface area contributed by atoms with Gasteiger partial charge in [-0.3, -0.25) is 4.68 Å². The van der Waals surface area contributed by atoms with Gasteiger partial charge in [0.2, 0.25) is 0 Å². The standard InChI is InChI=1S/C8H12N2O/c1-2-3-10-5-7(4-9-10)8-6-11-8/h4-5,8H,2-3,6H2,1H3. The molecule has 1 aromatic heterocycles. The van der Waals surface area contributed by atoms with Crippen LogP contribution in [0.15, 0.2) is 12.4 Å². The van der Waals surface area contributed by atoms with Gasteiger partial charge in [-0.15, -0.1) is 0 Å². The molecule has 1 unspecified atom stereocenters. The first-order chi connectivity index (χ1) is 5.40. The van der Waals surface area contributed by atoms with E-state index in [1.807, 2.05) is 10.9 Å². The summed E-state index contributed by atoms with van der Waals surface area (Å²) in [6, 6.07) is 0. The van der Waals surface area contributed by atoms with Gasteiger partial charge in [0.1, 0.15) is 6.10 Å². The van der Waals surface area contributed by atoms with E-state index in [0.717, 1.165) is 19.6 Å². The van der Waals surface area contributed by atoms with Gasteiger partial charge < -0.3 is 4.74 Å². The van der Waals surface area contributed by atoms with Crippen molar-refractivity contribution in [1.29, 1.82) is 0 Å². The lowest BCUT2D eigenvalue weighted by molar-refractivity contribution is 0.415. The second-order valence-corrected chi connectivity index (χ2v) is 2.86. The summed E-state index contributed by atoms with van der Waals surface area (Å²) in [5, 5.41) is 4.20. The molecule has 0 aliphatic carbocycles. The number of rotatable bonds is 3. The van der Waals surface area contributed by atoms with Crippen molar-refractivity contribution in [2.24, 2.45) is 0 Å². The van der Waals surface area contributed by atoms with Gasteiger partial charge in [-0.2, -0.15) is 5.10 Å². The molecule has 1 atom stereocenters. The molecule has 60 valence electrons. The van der Waals surface area contributed by atoms with E-state index in [1.54, 1.807) is 0 Å². The Hall–Kier alpha value is -0.830. The highest BCUT2D eigenvalue weighted by molar-refractivity contribution is 5.11. The van der Waals surface area contributed by atoms with Gasteiger partial charge in [-0.05, 0) is 6.42 Å². The van der Waals surface area contributed by atoms with Crippen LogP contribution in [0, 0.1) is 0 Å². The van der Waals surface area contributed by atoms with Crippen LogP contribution in [0.2, 0.25) is 0 Å². The van der Waals surface area contributed by atoms with Gasteiger partial charge in [0.15, 0.2) is 0 Å². The molecular formula is C8H12N2O. The molecule has 0 aromatic carbocycles. The van der Waals surface area contributed by atoms with Crippen LogP contribution in [0.1, 0.15) is 25.0 Å². The highest BCUT2D eigenvalue weighted by atomic mass is 16.6. The minimum Gasteiger partial charge on any atom is -0.368 e. The summed E-state index contributed by atoms with van der Waals surface area (Å²) in [5.74, 6) is 0. The van der Waals surface area contributed by atoms with E-state index in [0.29, 0.717) is 6.10 Å². The average Bonchev–Trinajstić information content (AvgIpc) is 2.75. The normalized spacial score (nSPS) is 22.1. The molecule has 0 spiro atoms. The molecule has 0 bridgehead atoms. The topological polar surface area (TPSA) is 30.4 Å². The molecule has 2 rings (SSSR count). The number of aromatic nitrogens is 2. The zero-order chi connectivity index (χ0) is 7.68. The fourth-order valence-corrected chi connectivity index (χ4v) is 1.14. The highest BCUT2D eigenvalue weighted by Crippen LogP contribution is 2.28. The third-order valence-corrected chi connectivity index (χ3v) is 1.81. The molecule has 3 heteroatoms. The summed E-state index contributed by atoms with van der Waals surface area (Å²) >= 11 is 0. The number of aryl methyl sites for hydroxylation is 1. The van der Waals surface area contributed by atoms with Gasteiger partial charge in [0.25, 0.3) is 0 Å². The van der Waals surface area contributed by atoms with Crippen molar-refractivity contribution in [3.05, 3.63) is 18.0 Å². The van der Waals surface area contributed by atoms with Crippen molar-refractivity contribution < 1.29 is 4.74 Å². The van der Waals surface area contributed by atoms with Crippen molar-refractivity contribution >= 4 is 0 Å². The number of ether oxygens (including phenoxy) is 1. The maximum atomic E-state index is 5.13. The van der Waals surface area contributed by atoms with Crippen molar-refractivity contribution in [1.82, 2.24) is 9.78 Å². The van der Waals surface area contributed by atoms with Crippen LogP contribution >= 0.6 is 0 Å². The Bertz CT molecular complexity index is 240. The second-order valence-electron chi connectivity index (χ2n) is 2.86. The predicted octanol–water partition coefficient (Wildman–Crippen LogP) is 1.36. The third-order valence-electron chi connectivity index (χ3n) is 1.81. The Labute approximate surface area is 66.0 Å². The van der Waals surface area contributed by atoms with E-state index in [1.165, 1.54) is 5.56 Å². The number of hydrogen-bond donors (Lipinski definition) is 0. The molecule has 1 aliphatic rings. The zero-order valence-corrected chi connectivity index (χ0v) is 6.66. The Morgan fingerprint density at radius 2 is 2.64 bits per heavy atom. The Morgan fingerprint density at radius 3 is 3.27 bits per heavy atom. The smallest absolute Gasteiger partial charge is 0.109 e. The quantitative estimate of drug-likeness (QED) is 0.612. The first-order valence-electron chi connectivity index (χ1n) is 4.04. The Balaban J connectivity index is 2.06. The molecule has 1 aromatic rings. The van der Waals surface area contributed by atoms with E-state index in [2.05, 4.69) is 18.2 Å². The van der Waals surface area contributed by atoms with Crippen molar-refractivity contribution in [3.63, 3.8) is 0 Å². The molecule has 0 saturated carbocycles. The van der Waals surface area contributed by atoms with Gasteiger partial charge in [0.05, 0.1) is 12.8 Å². The summed E-state index contributed by atoms with van der Waals surface area (Å²) in [6.45, 7) is 4.03. The number of hydrogen-bond acceptors (Lipinski definition) is 2. The molecule has 1 saturated heterocycles. The molecule has 0 amide bonds. The largest absolute Gasteiger partial charge is 0.368 e. The molecule has 1 fully saturated rings. The van der Waals surface area contributed by atoms with Crippen LogP contribution in [-0.4, -0.2) is 16.4 Å². The Kier molecular flexibility index (Phi) is 1.66. The van der Waals surface area contributed by atoms with Crippen LogP contribution in [0.5, 0.6) is 0 Å². The first-order valence-corrected chi connectivity index (χ1v) is 4.04. The van der Waals surface area contributed by atoms with Crippen LogP contribution < -0.4 is 0 Å². The summed E-state index contributed by atoms with van der Waals surface area (Å²) in [6.07, 6.45) is 5.45. The van der Waals surface area contributed by atoms with Gasteiger partial charge in [-0.1, -0.05) is 6.92 Å². The fraction of sp³-hybridized carbons (Fsp3) is 0.625. The Morgan fingerprint density at radius 1 is 1.82 bits per heavy atom. The highest BCUT2D eigenvalue weighted by Gasteiger charge is 2.25. The van der Waals surface area contributed by atoms with Crippen LogP contribution in [0.4, 0.5) is 0 Å². The molecule has 1 aliphatic heterocycles. The van der Waals surface area contributed by atoms with E-state index in [-0.39, 0.29) is 0 Å². The molecule has 0 N–H and O–H groups in total. The summed E-state index contributed by atoms with van der Waals surface area (Å²) in [5.41, 5.74) is 1.22. The predicted molar refractivity (Wildman–Crippen MR) is 41.2 cm³/mol. The molecule has 2 heterocycles. The van der Waals surface area contributed by atoms with Crippen LogP contribution in [-0.2, 0) is 11.3 Å². The van der Waals surface area contributed by atoms with Gasteiger partial charge in [-0.25, -0.2) is 0 Å². The summed E-state index contributed by atoms with van der Waals surface area (Å²) in [4.78, 5) is 0. The summed E-state index contributed by atoms with van der Waals surface area (Å²) in [7, 11) is 0. The van der Waals surface area contributed by atoms with Crippen molar-refractivity contribution in [3.8, 4) is 0 Å². The molecule has 11 heavy (non-hydrogen) atoms. The molecule has 0 radical (unpaired) electrons. The maximum absolute atomic E-state index is 5.13. The van der Waals surface area contributed by atoms with Crippen LogP contribution in [0.25, 0.3) is 0 Å². The average molecular weight is 152 g/mol. The van der Waals surface area contributed by atoms with Crippen LogP contribution in [0.3, 0.4) is 0 Å².